The van der Waals surface area contributed by atoms with Crippen LogP contribution in [0, 0.1) is 11.6 Å². The van der Waals surface area contributed by atoms with Gasteiger partial charge in [0, 0.05) is 31.6 Å². The molecule has 3 aromatic rings. The molecule has 13 nitrogen and oxygen atoms in total. The highest BCUT2D eigenvalue weighted by atomic mass is 35.5. The number of ether oxygens (including phenoxy) is 2. The molecule has 0 bridgehead atoms. The molecule has 0 spiro atoms. The van der Waals surface area contributed by atoms with Crippen molar-refractivity contribution in [3.8, 4) is 0 Å². The lowest BCUT2D eigenvalue weighted by Crippen LogP contribution is -2.51. The fourth-order valence-electron chi connectivity index (χ4n) is 4.12. The minimum absolute atomic E-state index is 0.0666. The molecule has 0 aliphatic carbocycles. The van der Waals surface area contributed by atoms with Crippen molar-refractivity contribution in [1.82, 2.24) is 24.9 Å². The van der Waals surface area contributed by atoms with Crippen molar-refractivity contribution in [2.24, 2.45) is 0 Å². The average molecular weight is 685 g/mol. The number of rotatable bonds is 13. The standard InChI is InChI=1S/C29H35ClF2N6O7S/c1-18(39)38(34-16-20-7-5-9-24(32)26(20)30)23(8-6-12-35-46(42,43)37-28(41)45-29(2,3)4)17-44-27(40)36-25-14-21-13-22(31)11-10-19(21)15-33-25/h5,7,9-11,13-15,23,34-35H,6,8,12,16-17H2,1-4H3,(H,37,41)(H,33,36,40)/t23-/m0/s1. The molecule has 0 fully saturated rings. The van der Waals surface area contributed by atoms with Gasteiger partial charge in [-0.3, -0.25) is 15.1 Å². The fourth-order valence-corrected chi connectivity index (χ4v) is 5.06. The number of hydrogen-bond donors (Lipinski definition) is 4. The first kappa shape index (κ1) is 36.3. The van der Waals surface area contributed by atoms with Gasteiger partial charge in [-0.05, 0) is 74.9 Å². The lowest BCUT2D eigenvalue weighted by molar-refractivity contribution is -0.136. The van der Waals surface area contributed by atoms with Crippen molar-refractivity contribution in [3.05, 3.63) is 70.9 Å². The Balaban J connectivity index is 1.68. The number of benzene rings is 2. The summed E-state index contributed by atoms with van der Waals surface area (Å²) in [5.74, 6) is -1.51. The number of carbonyl (C=O) groups is 3. The van der Waals surface area contributed by atoms with Crippen LogP contribution in [0.3, 0.4) is 0 Å². The summed E-state index contributed by atoms with van der Waals surface area (Å²) in [7, 11) is -4.27. The summed E-state index contributed by atoms with van der Waals surface area (Å²) in [6.45, 7) is 5.38. The van der Waals surface area contributed by atoms with Crippen LogP contribution >= 0.6 is 11.6 Å². The Morgan fingerprint density at radius 3 is 2.50 bits per heavy atom. The molecule has 3 rings (SSSR count). The molecule has 17 heteroatoms. The maximum Gasteiger partial charge on any atom is 0.422 e. The van der Waals surface area contributed by atoms with Crippen LogP contribution in [-0.4, -0.2) is 61.3 Å². The van der Waals surface area contributed by atoms with E-state index in [-0.39, 0.29) is 43.4 Å². The van der Waals surface area contributed by atoms with E-state index >= 15 is 0 Å². The molecule has 0 unspecified atom stereocenters. The van der Waals surface area contributed by atoms with E-state index in [2.05, 4.69) is 20.4 Å². The molecular formula is C29H35ClF2N6O7S. The van der Waals surface area contributed by atoms with Crippen LogP contribution in [0.4, 0.5) is 24.2 Å². The zero-order valence-electron chi connectivity index (χ0n) is 25.5. The molecule has 1 atom stereocenters. The van der Waals surface area contributed by atoms with Crippen LogP contribution in [0.2, 0.25) is 5.02 Å². The lowest BCUT2D eigenvalue weighted by Gasteiger charge is -2.31. The summed E-state index contributed by atoms with van der Waals surface area (Å²) in [5, 5.41) is 4.62. The molecule has 4 N–H and O–H groups in total. The summed E-state index contributed by atoms with van der Waals surface area (Å²) in [5.41, 5.74) is 2.30. The molecule has 2 aromatic carbocycles. The Kier molecular flexibility index (Phi) is 12.6. The van der Waals surface area contributed by atoms with Crippen molar-refractivity contribution < 1.29 is 41.1 Å². The number of nitrogens with zero attached hydrogens (tertiary/aromatic N) is 2. The van der Waals surface area contributed by atoms with Gasteiger partial charge >= 0.3 is 22.4 Å². The number of nitrogens with one attached hydrogen (secondary N) is 4. The van der Waals surface area contributed by atoms with Gasteiger partial charge in [-0.25, -0.2) is 33.5 Å². The predicted molar refractivity (Wildman–Crippen MR) is 167 cm³/mol. The smallest absolute Gasteiger partial charge is 0.422 e. The Morgan fingerprint density at radius 1 is 1.07 bits per heavy atom. The number of hydrazine groups is 1. The van der Waals surface area contributed by atoms with Gasteiger partial charge < -0.3 is 9.47 Å². The van der Waals surface area contributed by atoms with E-state index in [9.17, 15) is 31.6 Å². The number of fused-ring (bicyclic) bond motifs is 1. The van der Waals surface area contributed by atoms with Gasteiger partial charge in [0.15, 0.2) is 0 Å². The van der Waals surface area contributed by atoms with Crippen molar-refractivity contribution in [1.29, 1.82) is 0 Å². The van der Waals surface area contributed by atoms with Gasteiger partial charge in [-0.2, -0.15) is 13.1 Å². The first-order chi connectivity index (χ1) is 21.5. The van der Waals surface area contributed by atoms with Crippen molar-refractivity contribution in [2.45, 2.75) is 58.7 Å². The predicted octanol–water partition coefficient (Wildman–Crippen LogP) is 4.78. The SMILES string of the molecule is CC(=O)N(NCc1cccc(F)c1Cl)[C@@H](CCCNS(=O)(=O)NC(=O)OC(C)(C)C)COC(=O)Nc1cc2cc(F)ccc2cn1. The highest BCUT2D eigenvalue weighted by molar-refractivity contribution is 7.88. The van der Waals surface area contributed by atoms with E-state index in [4.69, 9.17) is 21.1 Å². The summed E-state index contributed by atoms with van der Waals surface area (Å²) in [6, 6.07) is 8.91. The van der Waals surface area contributed by atoms with Gasteiger partial charge in [0.2, 0.25) is 5.91 Å². The average Bonchev–Trinajstić information content (AvgIpc) is 2.93. The Morgan fingerprint density at radius 2 is 1.80 bits per heavy atom. The van der Waals surface area contributed by atoms with E-state index in [0.29, 0.717) is 16.3 Å². The molecular weight excluding hydrogens is 650 g/mol. The van der Waals surface area contributed by atoms with E-state index in [0.717, 1.165) is 0 Å². The molecule has 0 radical (unpaired) electrons. The van der Waals surface area contributed by atoms with Crippen molar-refractivity contribution in [2.75, 3.05) is 18.5 Å². The third-order valence-corrected chi connectivity index (χ3v) is 7.56. The van der Waals surface area contributed by atoms with Crippen LogP contribution in [0.15, 0.2) is 48.7 Å². The molecule has 46 heavy (non-hydrogen) atoms. The monoisotopic (exact) mass is 684 g/mol. The number of anilines is 1. The Bertz CT molecular complexity index is 1670. The minimum atomic E-state index is -4.27. The molecule has 1 aromatic heterocycles. The van der Waals surface area contributed by atoms with Gasteiger partial charge in [0.1, 0.15) is 29.7 Å². The maximum atomic E-state index is 14.0. The number of aromatic nitrogens is 1. The summed E-state index contributed by atoms with van der Waals surface area (Å²) in [6.07, 6.45) is -0.419. The number of amides is 3. The van der Waals surface area contributed by atoms with Crippen LogP contribution in [-0.2, 0) is 31.0 Å². The highest BCUT2D eigenvalue weighted by Gasteiger charge is 2.25. The largest absolute Gasteiger partial charge is 0.447 e. The van der Waals surface area contributed by atoms with Crippen molar-refractivity contribution in [3.63, 3.8) is 0 Å². The number of carbonyl (C=O) groups excluding carboxylic acids is 3. The zero-order chi connectivity index (χ0) is 34.1. The Hall–Kier alpha value is -4.12. The summed E-state index contributed by atoms with van der Waals surface area (Å²) in [4.78, 5) is 41.3. The second-order valence-electron chi connectivity index (χ2n) is 11.0. The van der Waals surface area contributed by atoms with E-state index in [1.165, 1.54) is 48.5 Å². The van der Waals surface area contributed by atoms with Crippen LogP contribution in [0.5, 0.6) is 0 Å². The topological polar surface area (TPSA) is 168 Å². The maximum absolute atomic E-state index is 14.0. The van der Waals surface area contributed by atoms with E-state index in [1.807, 2.05) is 0 Å². The van der Waals surface area contributed by atoms with Gasteiger partial charge in [0.25, 0.3) is 0 Å². The Labute approximate surface area is 270 Å². The summed E-state index contributed by atoms with van der Waals surface area (Å²) >= 11 is 6.05. The molecule has 1 heterocycles. The summed E-state index contributed by atoms with van der Waals surface area (Å²) < 4.78 is 66.4. The highest BCUT2D eigenvalue weighted by Crippen LogP contribution is 2.21. The molecule has 0 saturated heterocycles. The third-order valence-electron chi connectivity index (χ3n) is 6.12. The molecule has 3 amide bonds. The van der Waals surface area contributed by atoms with Crippen LogP contribution in [0.1, 0.15) is 46.1 Å². The van der Waals surface area contributed by atoms with E-state index in [1.54, 1.807) is 37.6 Å². The van der Waals surface area contributed by atoms with Gasteiger partial charge in [-0.15, -0.1) is 0 Å². The van der Waals surface area contributed by atoms with Crippen LogP contribution < -0.4 is 20.2 Å². The fraction of sp³-hybridized carbons (Fsp3) is 0.379. The van der Waals surface area contributed by atoms with Gasteiger partial charge in [-0.1, -0.05) is 23.7 Å². The second-order valence-corrected chi connectivity index (χ2v) is 12.9. The first-order valence-electron chi connectivity index (χ1n) is 14.0. The third kappa shape index (κ3) is 11.7. The quantitative estimate of drug-likeness (QED) is 0.146. The molecule has 0 aliphatic rings. The van der Waals surface area contributed by atoms with Crippen LogP contribution in [0.25, 0.3) is 10.8 Å². The normalized spacial score (nSPS) is 12.3. The first-order valence-corrected chi connectivity index (χ1v) is 15.8. The van der Waals surface area contributed by atoms with Gasteiger partial charge in [0.05, 0.1) is 11.1 Å². The lowest BCUT2D eigenvalue weighted by atomic mass is 10.1. The van der Waals surface area contributed by atoms with E-state index < -0.39 is 51.6 Å². The molecule has 250 valence electrons. The molecule has 0 aliphatic heterocycles. The second kappa shape index (κ2) is 15.9. The number of halogens is 3. The zero-order valence-corrected chi connectivity index (χ0v) is 27.1. The number of hydrogen-bond acceptors (Lipinski definition) is 9. The van der Waals surface area contributed by atoms with Crippen molar-refractivity contribution >= 4 is 56.5 Å². The number of pyridine rings is 1. The minimum Gasteiger partial charge on any atom is -0.447 e. The molecule has 0 saturated carbocycles.